The molecule has 2 aliphatic rings. The number of amides is 2. The minimum atomic E-state index is -1.59. The Morgan fingerprint density at radius 1 is 0.972 bits per heavy atom. The summed E-state index contributed by atoms with van der Waals surface area (Å²) in [7, 11) is 1.40. The standard InChI is InChI=1S/C24H35F2N3O7/c1-3-35-22(31)28-6-4-23(32,5-7-28)14-27-8-9-29(21(30)13-34-2)16-24(33,15-27)17-36-20-11-18(25)10-19(26)12-20/h10-12,32-33H,3-9,13-17H2,1-2H3. The van der Waals surface area contributed by atoms with Crippen LogP contribution in [0.5, 0.6) is 5.75 Å². The molecule has 2 saturated heterocycles. The van der Waals surface area contributed by atoms with Gasteiger partial charge in [0.1, 0.15) is 36.2 Å². The van der Waals surface area contributed by atoms with E-state index in [1.807, 2.05) is 4.90 Å². The Kier molecular flexibility index (Phi) is 9.45. The predicted octanol–water partition coefficient (Wildman–Crippen LogP) is 0.849. The molecule has 2 amide bonds. The third-order valence-electron chi connectivity index (χ3n) is 6.39. The Morgan fingerprint density at radius 3 is 2.25 bits per heavy atom. The molecule has 1 aromatic carbocycles. The van der Waals surface area contributed by atoms with Gasteiger partial charge in [-0.15, -0.1) is 0 Å². The highest BCUT2D eigenvalue weighted by Gasteiger charge is 2.41. The molecule has 36 heavy (non-hydrogen) atoms. The first-order chi connectivity index (χ1) is 17.0. The smallest absolute Gasteiger partial charge is 0.409 e. The number of halogens is 2. The van der Waals surface area contributed by atoms with Crippen LogP contribution in [0.2, 0.25) is 0 Å². The number of methoxy groups -OCH3 is 1. The highest BCUT2D eigenvalue weighted by molar-refractivity contribution is 5.77. The molecule has 0 spiro atoms. The molecular weight excluding hydrogens is 480 g/mol. The maximum absolute atomic E-state index is 13.6. The molecular formula is C24H35F2N3O7. The van der Waals surface area contributed by atoms with Crippen LogP contribution in [0.1, 0.15) is 19.8 Å². The van der Waals surface area contributed by atoms with Crippen LogP contribution in [0.4, 0.5) is 13.6 Å². The minimum absolute atomic E-state index is 0.0471. The zero-order valence-corrected chi connectivity index (χ0v) is 20.8. The lowest BCUT2D eigenvalue weighted by Crippen LogP contribution is -2.56. The van der Waals surface area contributed by atoms with Crippen LogP contribution >= 0.6 is 0 Å². The van der Waals surface area contributed by atoms with E-state index in [2.05, 4.69) is 0 Å². The molecule has 0 bridgehead atoms. The fourth-order valence-electron chi connectivity index (χ4n) is 4.62. The lowest BCUT2D eigenvalue weighted by atomic mass is 9.90. The topological polar surface area (TPSA) is 112 Å². The zero-order chi connectivity index (χ0) is 26.3. The molecule has 1 atom stereocenters. The number of carbonyl (C=O) groups excluding carboxylic acids is 2. The van der Waals surface area contributed by atoms with Crippen molar-refractivity contribution in [2.24, 2.45) is 0 Å². The number of benzene rings is 1. The van der Waals surface area contributed by atoms with Crippen molar-refractivity contribution in [1.29, 1.82) is 0 Å². The van der Waals surface area contributed by atoms with Gasteiger partial charge >= 0.3 is 6.09 Å². The van der Waals surface area contributed by atoms with Crippen molar-refractivity contribution < 1.29 is 42.8 Å². The SMILES string of the molecule is CCOC(=O)N1CCC(O)(CN2CCN(C(=O)COC)CC(O)(COc3cc(F)cc(F)c3)C2)CC1. The number of hydrogen-bond acceptors (Lipinski definition) is 8. The summed E-state index contributed by atoms with van der Waals surface area (Å²) in [6.07, 6.45) is 0.236. The van der Waals surface area contributed by atoms with Crippen molar-refractivity contribution in [3.63, 3.8) is 0 Å². The van der Waals surface area contributed by atoms with Gasteiger partial charge < -0.3 is 34.2 Å². The lowest BCUT2D eigenvalue weighted by Gasteiger charge is -2.41. The van der Waals surface area contributed by atoms with E-state index in [0.29, 0.717) is 38.5 Å². The van der Waals surface area contributed by atoms with Gasteiger partial charge in [-0.3, -0.25) is 9.69 Å². The highest BCUT2D eigenvalue weighted by atomic mass is 19.1. The van der Waals surface area contributed by atoms with Crippen molar-refractivity contribution in [2.45, 2.75) is 31.0 Å². The molecule has 10 nitrogen and oxygen atoms in total. The van der Waals surface area contributed by atoms with Crippen molar-refractivity contribution in [3.8, 4) is 5.75 Å². The fraction of sp³-hybridized carbons (Fsp3) is 0.667. The van der Waals surface area contributed by atoms with Crippen LogP contribution in [0, 0.1) is 11.6 Å². The van der Waals surface area contributed by atoms with Crippen molar-refractivity contribution in [1.82, 2.24) is 14.7 Å². The minimum Gasteiger partial charge on any atom is -0.490 e. The fourth-order valence-corrected chi connectivity index (χ4v) is 4.62. The van der Waals surface area contributed by atoms with E-state index < -0.39 is 28.9 Å². The first kappa shape index (κ1) is 28.0. The summed E-state index contributed by atoms with van der Waals surface area (Å²) >= 11 is 0. The van der Waals surface area contributed by atoms with Gasteiger partial charge in [-0.1, -0.05) is 0 Å². The molecule has 1 aromatic rings. The van der Waals surface area contributed by atoms with Crippen LogP contribution in [0.15, 0.2) is 18.2 Å². The van der Waals surface area contributed by atoms with Gasteiger partial charge in [0.25, 0.3) is 0 Å². The second-order valence-electron chi connectivity index (χ2n) is 9.49. The summed E-state index contributed by atoms with van der Waals surface area (Å²) in [4.78, 5) is 29.4. The van der Waals surface area contributed by atoms with E-state index in [1.54, 1.807) is 11.8 Å². The van der Waals surface area contributed by atoms with E-state index in [4.69, 9.17) is 14.2 Å². The number of rotatable bonds is 8. The maximum Gasteiger partial charge on any atom is 0.409 e. The summed E-state index contributed by atoms with van der Waals surface area (Å²) in [6, 6.07) is 2.73. The number of nitrogens with zero attached hydrogens (tertiary/aromatic N) is 3. The van der Waals surface area contributed by atoms with Gasteiger partial charge in [0.2, 0.25) is 5.91 Å². The van der Waals surface area contributed by atoms with Crippen molar-refractivity contribution >= 4 is 12.0 Å². The second-order valence-corrected chi connectivity index (χ2v) is 9.49. The van der Waals surface area contributed by atoms with Crippen LogP contribution in [0.3, 0.4) is 0 Å². The number of hydrogen-bond donors (Lipinski definition) is 2. The molecule has 2 N–H and O–H groups in total. The van der Waals surface area contributed by atoms with Crippen molar-refractivity contribution in [2.75, 3.05) is 72.7 Å². The largest absolute Gasteiger partial charge is 0.490 e. The number of likely N-dealkylation sites (tertiary alicyclic amines) is 1. The Labute approximate surface area is 209 Å². The van der Waals surface area contributed by atoms with Crippen molar-refractivity contribution in [3.05, 3.63) is 29.8 Å². The van der Waals surface area contributed by atoms with E-state index >= 15 is 0 Å². The molecule has 0 aliphatic carbocycles. The van der Waals surface area contributed by atoms with Gasteiger partial charge in [-0.05, 0) is 19.8 Å². The van der Waals surface area contributed by atoms with Gasteiger partial charge in [0.15, 0.2) is 0 Å². The summed E-state index contributed by atoms with van der Waals surface area (Å²) in [5.41, 5.74) is -2.70. The number of carbonyl (C=O) groups is 2. The first-order valence-electron chi connectivity index (χ1n) is 12.0. The van der Waals surface area contributed by atoms with Gasteiger partial charge in [-0.25, -0.2) is 13.6 Å². The Morgan fingerprint density at radius 2 is 1.64 bits per heavy atom. The Hall–Kier alpha value is -2.54. The first-order valence-corrected chi connectivity index (χ1v) is 12.0. The Bertz CT molecular complexity index is 893. The zero-order valence-electron chi connectivity index (χ0n) is 20.8. The molecule has 0 saturated carbocycles. The third kappa shape index (κ3) is 7.73. The van der Waals surface area contributed by atoms with Crippen LogP contribution in [-0.4, -0.2) is 121 Å². The molecule has 0 aromatic heterocycles. The molecule has 2 heterocycles. The molecule has 202 valence electrons. The van der Waals surface area contributed by atoms with Crippen LogP contribution in [-0.2, 0) is 14.3 Å². The second kappa shape index (κ2) is 12.1. The van der Waals surface area contributed by atoms with Crippen LogP contribution < -0.4 is 4.74 Å². The lowest BCUT2D eigenvalue weighted by molar-refractivity contribution is -0.138. The molecule has 1 unspecified atom stereocenters. The maximum atomic E-state index is 13.6. The summed E-state index contributed by atoms with van der Waals surface area (Å²) in [6.45, 7) is 2.98. The van der Waals surface area contributed by atoms with E-state index in [-0.39, 0.29) is 57.7 Å². The summed E-state index contributed by atoms with van der Waals surface area (Å²) in [5.74, 6) is -2.03. The van der Waals surface area contributed by atoms with Gasteiger partial charge in [-0.2, -0.15) is 0 Å². The van der Waals surface area contributed by atoms with E-state index in [9.17, 15) is 28.6 Å². The molecule has 0 radical (unpaired) electrons. The number of β-amino-alcohol motifs (C(OH)–C–C–N with tert-alkyl or cyclic N) is 2. The van der Waals surface area contributed by atoms with Crippen LogP contribution in [0.25, 0.3) is 0 Å². The quantitative estimate of drug-likeness (QED) is 0.524. The number of ether oxygens (including phenoxy) is 3. The third-order valence-corrected chi connectivity index (χ3v) is 6.39. The molecule has 12 heteroatoms. The number of piperidine rings is 1. The van der Waals surface area contributed by atoms with Gasteiger partial charge in [0, 0.05) is 64.6 Å². The molecule has 3 rings (SSSR count). The van der Waals surface area contributed by atoms with Gasteiger partial charge in [0.05, 0.1) is 18.8 Å². The summed E-state index contributed by atoms with van der Waals surface area (Å²) in [5, 5.41) is 22.7. The normalized spacial score (nSPS) is 22.7. The number of aliphatic hydroxyl groups is 2. The van der Waals surface area contributed by atoms with E-state index in [0.717, 1.165) is 12.1 Å². The highest BCUT2D eigenvalue weighted by Crippen LogP contribution is 2.26. The summed E-state index contributed by atoms with van der Waals surface area (Å²) < 4.78 is 42.7. The Balaban J connectivity index is 1.70. The average molecular weight is 516 g/mol. The molecule has 2 aliphatic heterocycles. The molecule has 2 fully saturated rings. The monoisotopic (exact) mass is 515 g/mol. The van der Waals surface area contributed by atoms with E-state index in [1.165, 1.54) is 12.0 Å². The average Bonchev–Trinajstić information content (AvgIpc) is 2.96. The predicted molar refractivity (Wildman–Crippen MR) is 124 cm³/mol.